The maximum atomic E-state index is 12.7. The highest BCUT2D eigenvalue weighted by Gasteiger charge is 2.31. The molecule has 0 spiro atoms. The van der Waals surface area contributed by atoms with Crippen molar-refractivity contribution in [2.24, 2.45) is 0 Å². The number of halogens is 3. The highest BCUT2D eigenvalue weighted by atomic mass is 32.2. The van der Waals surface area contributed by atoms with Gasteiger partial charge in [0.2, 0.25) is 5.91 Å². The van der Waals surface area contributed by atoms with Crippen molar-refractivity contribution in [1.29, 1.82) is 0 Å². The summed E-state index contributed by atoms with van der Waals surface area (Å²) in [5.74, 6) is 0.200. The van der Waals surface area contributed by atoms with Crippen LogP contribution in [0.4, 0.5) is 18.9 Å². The zero-order valence-corrected chi connectivity index (χ0v) is 22.4. The minimum Gasteiger partial charge on any atom is -0.406 e. The Hall–Kier alpha value is -3.86. The first-order valence-corrected chi connectivity index (χ1v) is 14.0. The second kappa shape index (κ2) is 11.1. The van der Waals surface area contributed by atoms with E-state index >= 15 is 0 Å². The highest BCUT2D eigenvalue weighted by Crippen LogP contribution is 2.27. The first-order chi connectivity index (χ1) is 18.3. The molecule has 0 aliphatic rings. The maximum Gasteiger partial charge on any atom is 0.573 e. The molecule has 0 unspecified atom stereocenters. The van der Waals surface area contributed by atoms with E-state index in [4.69, 9.17) is 4.98 Å². The number of hydrogen-bond donors (Lipinski definition) is 1. The van der Waals surface area contributed by atoms with Crippen molar-refractivity contribution in [3.8, 4) is 5.75 Å². The molecule has 1 amide bonds. The zero-order valence-electron chi connectivity index (χ0n) is 21.6. The monoisotopic (exact) mass is 559 g/mol. The van der Waals surface area contributed by atoms with Crippen molar-refractivity contribution in [2.45, 2.75) is 50.9 Å². The van der Waals surface area contributed by atoms with Crippen LogP contribution in [0.3, 0.4) is 0 Å². The molecule has 4 rings (SSSR count). The highest BCUT2D eigenvalue weighted by molar-refractivity contribution is 7.91. The van der Waals surface area contributed by atoms with E-state index < -0.39 is 16.2 Å². The van der Waals surface area contributed by atoms with Crippen molar-refractivity contribution in [3.63, 3.8) is 0 Å². The number of sulfone groups is 1. The molecular formula is C28H28F3N3O4S. The minimum absolute atomic E-state index is 0.00713. The third-order valence-electron chi connectivity index (χ3n) is 6.11. The van der Waals surface area contributed by atoms with E-state index in [1.807, 2.05) is 24.5 Å². The molecule has 0 radical (unpaired) electrons. The van der Waals surface area contributed by atoms with E-state index in [2.05, 4.69) is 10.1 Å². The van der Waals surface area contributed by atoms with E-state index in [1.165, 1.54) is 24.3 Å². The van der Waals surface area contributed by atoms with Gasteiger partial charge in [-0.25, -0.2) is 13.4 Å². The molecule has 206 valence electrons. The average Bonchev–Trinajstić information content (AvgIpc) is 3.22. The van der Waals surface area contributed by atoms with Crippen LogP contribution in [0.1, 0.15) is 43.8 Å². The number of aromatic nitrogens is 2. The summed E-state index contributed by atoms with van der Waals surface area (Å²) in [5, 5.41) is 2.88. The fraction of sp³-hybridized carbons (Fsp3) is 0.286. The minimum atomic E-state index is -4.75. The summed E-state index contributed by atoms with van der Waals surface area (Å²) >= 11 is 0. The number of fused-ring (bicyclic) bond motifs is 1. The third-order valence-corrected chi connectivity index (χ3v) is 7.86. The van der Waals surface area contributed by atoms with Crippen LogP contribution in [-0.4, -0.2) is 36.0 Å². The van der Waals surface area contributed by atoms with Gasteiger partial charge in [0.05, 0.1) is 28.1 Å². The number of anilines is 1. The molecule has 0 aliphatic carbocycles. The quantitative estimate of drug-likeness (QED) is 0.268. The molecular weight excluding hydrogens is 531 g/mol. The average molecular weight is 560 g/mol. The summed E-state index contributed by atoms with van der Waals surface area (Å²) in [6.07, 6.45) is -4.28. The van der Waals surface area contributed by atoms with Gasteiger partial charge in [-0.2, -0.15) is 0 Å². The van der Waals surface area contributed by atoms with Crippen molar-refractivity contribution < 1.29 is 31.1 Å². The maximum absolute atomic E-state index is 12.7. The molecule has 0 saturated heterocycles. The number of benzene rings is 3. The molecule has 1 N–H and O–H groups in total. The molecule has 1 heterocycles. The molecule has 3 aromatic carbocycles. The van der Waals surface area contributed by atoms with Crippen molar-refractivity contribution in [2.75, 3.05) is 11.1 Å². The number of imidazole rings is 1. The van der Waals surface area contributed by atoms with E-state index in [-0.39, 0.29) is 34.8 Å². The molecule has 0 bridgehead atoms. The Morgan fingerprint density at radius 2 is 1.64 bits per heavy atom. The Morgan fingerprint density at radius 3 is 2.23 bits per heavy atom. The number of amides is 1. The Labute approximate surface area is 224 Å². The van der Waals surface area contributed by atoms with Gasteiger partial charge in [0.15, 0.2) is 9.84 Å². The Kier molecular flexibility index (Phi) is 8.01. The van der Waals surface area contributed by atoms with Gasteiger partial charge in [0, 0.05) is 18.2 Å². The van der Waals surface area contributed by atoms with Crippen molar-refractivity contribution in [1.82, 2.24) is 9.55 Å². The Morgan fingerprint density at radius 1 is 1.00 bits per heavy atom. The Bertz CT molecular complexity index is 1580. The molecule has 11 heteroatoms. The van der Waals surface area contributed by atoms with Crippen LogP contribution in [0.5, 0.6) is 5.75 Å². The smallest absolute Gasteiger partial charge is 0.406 e. The number of nitrogens with zero attached hydrogens (tertiary/aromatic N) is 2. The topological polar surface area (TPSA) is 90.3 Å². The molecule has 1 aromatic heterocycles. The van der Waals surface area contributed by atoms with E-state index in [9.17, 15) is 26.4 Å². The number of alkyl halides is 3. The number of ether oxygens (including phenoxy) is 1. The number of carbonyl (C=O) groups is 1. The Balaban J connectivity index is 1.50. The number of rotatable bonds is 9. The van der Waals surface area contributed by atoms with E-state index in [0.717, 1.165) is 22.4 Å². The second-order valence-electron chi connectivity index (χ2n) is 9.34. The molecule has 0 atom stereocenters. The van der Waals surface area contributed by atoms with Gasteiger partial charge >= 0.3 is 6.36 Å². The lowest BCUT2D eigenvalue weighted by Gasteiger charge is -2.14. The van der Waals surface area contributed by atoms with Crippen LogP contribution in [-0.2, 0) is 27.5 Å². The number of nitrogens with one attached hydrogen (secondary N) is 1. The normalized spacial score (nSPS) is 12.2. The largest absolute Gasteiger partial charge is 0.573 e. The van der Waals surface area contributed by atoms with Gasteiger partial charge in [-0.05, 0) is 67.4 Å². The van der Waals surface area contributed by atoms with Crippen LogP contribution < -0.4 is 10.1 Å². The predicted octanol–water partition coefficient (Wildman–Crippen LogP) is 6.08. The van der Waals surface area contributed by atoms with Gasteiger partial charge in [-0.3, -0.25) is 4.79 Å². The van der Waals surface area contributed by atoms with E-state index in [1.54, 1.807) is 43.3 Å². The van der Waals surface area contributed by atoms with Crippen LogP contribution in [0.2, 0.25) is 0 Å². The van der Waals surface area contributed by atoms with Crippen molar-refractivity contribution >= 4 is 32.5 Å². The third kappa shape index (κ3) is 6.97. The lowest BCUT2D eigenvalue weighted by Crippen LogP contribution is -2.17. The van der Waals surface area contributed by atoms with Crippen LogP contribution >= 0.6 is 0 Å². The van der Waals surface area contributed by atoms with Gasteiger partial charge in [0.1, 0.15) is 11.6 Å². The lowest BCUT2D eigenvalue weighted by atomic mass is 10.1. The summed E-state index contributed by atoms with van der Waals surface area (Å²) in [6, 6.07) is 17.4. The predicted molar refractivity (Wildman–Crippen MR) is 143 cm³/mol. The molecule has 7 nitrogen and oxygen atoms in total. The number of carbonyl (C=O) groups excluding carboxylic acids is 1. The molecule has 4 aromatic rings. The van der Waals surface area contributed by atoms with Gasteiger partial charge in [-0.1, -0.05) is 31.2 Å². The van der Waals surface area contributed by atoms with Gasteiger partial charge in [0.25, 0.3) is 0 Å². The van der Waals surface area contributed by atoms with Crippen LogP contribution in [0, 0.1) is 0 Å². The zero-order chi connectivity index (χ0) is 28.4. The molecule has 39 heavy (non-hydrogen) atoms. The lowest BCUT2D eigenvalue weighted by molar-refractivity contribution is -0.274. The fourth-order valence-corrected chi connectivity index (χ4v) is 5.17. The van der Waals surface area contributed by atoms with Gasteiger partial charge < -0.3 is 14.6 Å². The van der Waals surface area contributed by atoms with Crippen LogP contribution in [0.25, 0.3) is 11.0 Å². The summed E-state index contributed by atoms with van der Waals surface area (Å²) in [6.45, 7) is 5.58. The fourth-order valence-electron chi connectivity index (χ4n) is 4.28. The van der Waals surface area contributed by atoms with Gasteiger partial charge in [-0.15, -0.1) is 13.2 Å². The first kappa shape index (κ1) is 28.2. The summed E-state index contributed by atoms with van der Waals surface area (Å²) < 4.78 is 67.3. The first-order valence-electron chi connectivity index (χ1n) is 12.3. The summed E-state index contributed by atoms with van der Waals surface area (Å²) in [7, 11) is -3.31. The van der Waals surface area contributed by atoms with Crippen molar-refractivity contribution in [3.05, 3.63) is 83.7 Å². The molecule has 0 saturated carbocycles. The molecule has 0 fully saturated rings. The molecule has 0 aliphatic heterocycles. The van der Waals surface area contributed by atoms with E-state index in [0.29, 0.717) is 17.7 Å². The summed E-state index contributed by atoms with van der Waals surface area (Å²) in [4.78, 5) is 17.7. The SMILES string of the molecule is CCS(=O)(=O)c1ccc(CC(=O)Nc2ccc3nc(Cc4ccc(OC(F)(F)F)cc4)n(C(C)C)c3c2)cc1. The van der Waals surface area contributed by atoms with Crippen LogP contribution in [0.15, 0.2) is 71.6 Å². The second-order valence-corrected chi connectivity index (χ2v) is 11.6. The number of hydrogen-bond acceptors (Lipinski definition) is 5. The standard InChI is InChI=1S/C28H28F3N3O4S/c1-4-39(36,37)23-12-7-20(8-13-23)16-27(35)32-21-9-14-24-25(17-21)34(18(2)3)26(33-24)15-19-5-10-22(11-6-19)38-28(29,30)31/h5-14,17-18H,4,15-16H2,1-3H3,(H,32,35). The summed E-state index contributed by atoms with van der Waals surface area (Å²) in [5.41, 5.74) is 3.57.